The number of nitrogens with one attached hydrogen (secondary N) is 2. The number of pyridine rings is 1. The van der Waals surface area contributed by atoms with E-state index >= 15 is 0 Å². The molecule has 9 heteroatoms. The Labute approximate surface area is 208 Å². The molecule has 9 nitrogen and oxygen atoms in total. The van der Waals surface area contributed by atoms with Crippen molar-refractivity contribution in [3.05, 3.63) is 69.1 Å². The van der Waals surface area contributed by atoms with Gasteiger partial charge in [-0.2, -0.15) is 0 Å². The molecule has 1 amide bonds. The molecular formula is C27H30N4O5. The standard InChI is InChI=1S/C27H30N4O5/c1-15-11-25(33)29-21-14-24(35-4)22(13-19(15)21)30-27(34)20-12-18(26(16(2)28)17(3)32)5-6-23(20)31-7-9-36-10-8-31/h5-6,11-14H,7-10,28H2,1-4H3,(H,29,33)(H,30,34). The van der Waals surface area contributed by atoms with Crippen LogP contribution >= 0.6 is 0 Å². The highest BCUT2D eigenvalue weighted by atomic mass is 16.5. The summed E-state index contributed by atoms with van der Waals surface area (Å²) in [5, 5.41) is 3.76. The van der Waals surface area contributed by atoms with Crippen molar-refractivity contribution in [3.8, 4) is 5.75 Å². The molecule has 1 aromatic heterocycles. The van der Waals surface area contributed by atoms with Crippen LogP contribution in [0.4, 0.5) is 11.4 Å². The molecule has 0 aliphatic carbocycles. The van der Waals surface area contributed by atoms with Crippen LogP contribution in [0.5, 0.6) is 5.75 Å². The van der Waals surface area contributed by atoms with Crippen LogP contribution in [-0.4, -0.2) is 50.1 Å². The molecule has 1 aliphatic rings. The minimum absolute atomic E-state index is 0.179. The van der Waals surface area contributed by atoms with Crippen LogP contribution in [0.2, 0.25) is 0 Å². The van der Waals surface area contributed by atoms with Crippen molar-refractivity contribution in [2.24, 2.45) is 5.73 Å². The van der Waals surface area contributed by atoms with Crippen LogP contribution in [0.25, 0.3) is 16.5 Å². The summed E-state index contributed by atoms with van der Waals surface area (Å²) < 4.78 is 11.0. The molecule has 0 spiro atoms. The summed E-state index contributed by atoms with van der Waals surface area (Å²) in [4.78, 5) is 42.8. The topological polar surface area (TPSA) is 127 Å². The molecule has 0 unspecified atom stereocenters. The Kier molecular flexibility index (Phi) is 7.12. The first-order valence-electron chi connectivity index (χ1n) is 11.7. The zero-order valence-electron chi connectivity index (χ0n) is 20.9. The molecule has 4 rings (SSSR count). The molecule has 1 saturated heterocycles. The molecular weight excluding hydrogens is 460 g/mol. The molecule has 2 heterocycles. The number of benzene rings is 2. The van der Waals surface area contributed by atoms with Gasteiger partial charge in [-0.15, -0.1) is 0 Å². The number of aryl methyl sites for hydroxylation is 1. The summed E-state index contributed by atoms with van der Waals surface area (Å²) in [6.45, 7) is 7.33. The highest BCUT2D eigenvalue weighted by Crippen LogP contribution is 2.33. The first kappa shape index (κ1) is 25.0. The first-order chi connectivity index (χ1) is 17.2. The number of allylic oxidation sites excluding steroid dienone is 2. The fourth-order valence-electron chi connectivity index (χ4n) is 4.57. The number of nitrogens with zero attached hydrogens (tertiary/aromatic N) is 1. The average Bonchev–Trinajstić information content (AvgIpc) is 2.84. The van der Waals surface area contributed by atoms with Gasteiger partial charge in [-0.25, -0.2) is 0 Å². The fourth-order valence-corrected chi connectivity index (χ4v) is 4.57. The van der Waals surface area contributed by atoms with Gasteiger partial charge in [0.05, 0.1) is 37.1 Å². The molecule has 0 radical (unpaired) electrons. The highest BCUT2D eigenvalue weighted by molar-refractivity contribution is 6.21. The van der Waals surface area contributed by atoms with Crippen LogP contribution < -0.4 is 26.2 Å². The second-order valence-electron chi connectivity index (χ2n) is 8.81. The summed E-state index contributed by atoms with van der Waals surface area (Å²) in [5.41, 5.74) is 10.1. The smallest absolute Gasteiger partial charge is 0.257 e. The Morgan fingerprint density at radius 1 is 1.11 bits per heavy atom. The fraction of sp³-hybridized carbons (Fsp3) is 0.296. The number of ether oxygens (including phenoxy) is 2. The largest absolute Gasteiger partial charge is 0.494 e. The molecule has 0 atom stereocenters. The van der Waals surface area contributed by atoms with E-state index in [1.165, 1.54) is 20.1 Å². The number of Topliss-reactive ketones (excluding diaryl/α,β-unsaturated/α-hetero) is 1. The lowest BCUT2D eigenvalue weighted by molar-refractivity contribution is -0.111. The van der Waals surface area contributed by atoms with Gasteiger partial charge < -0.3 is 30.4 Å². The molecule has 188 valence electrons. The number of anilines is 2. The number of aromatic nitrogens is 1. The molecule has 0 bridgehead atoms. The van der Waals surface area contributed by atoms with Gasteiger partial charge in [0.2, 0.25) is 5.56 Å². The van der Waals surface area contributed by atoms with Crippen LogP contribution in [0, 0.1) is 6.92 Å². The monoisotopic (exact) mass is 490 g/mol. The van der Waals surface area contributed by atoms with Gasteiger partial charge in [0, 0.05) is 47.6 Å². The number of fused-ring (bicyclic) bond motifs is 1. The van der Waals surface area contributed by atoms with Crippen molar-refractivity contribution in [2.45, 2.75) is 20.8 Å². The van der Waals surface area contributed by atoms with Crippen molar-refractivity contribution in [2.75, 3.05) is 43.6 Å². The number of ketones is 1. The second-order valence-corrected chi connectivity index (χ2v) is 8.81. The number of nitrogens with two attached hydrogens (primary N) is 1. The van der Waals surface area contributed by atoms with E-state index < -0.39 is 0 Å². The number of carbonyl (C=O) groups is 2. The lowest BCUT2D eigenvalue weighted by Gasteiger charge is -2.30. The van der Waals surface area contributed by atoms with E-state index in [0.29, 0.717) is 65.7 Å². The van der Waals surface area contributed by atoms with Crippen molar-refractivity contribution in [1.82, 2.24) is 4.98 Å². The second kappa shape index (κ2) is 10.2. The van der Waals surface area contributed by atoms with Crippen molar-refractivity contribution in [1.29, 1.82) is 0 Å². The predicted octanol–water partition coefficient (Wildman–Crippen LogP) is 3.21. The number of methoxy groups -OCH3 is 1. The third-order valence-corrected chi connectivity index (χ3v) is 6.25. The molecule has 1 fully saturated rings. The number of rotatable bonds is 6. The van der Waals surface area contributed by atoms with Crippen LogP contribution in [0.15, 0.2) is 46.9 Å². The summed E-state index contributed by atoms with van der Waals surface area (Å²) in [6.07, 6.45) is 0. The number of hydrogen-bond donors (Lipinski definition) is 3. The van der Waals surface area contributed by atoms with E-state index in [4.69, 9.17) is 15.2 Å². The van der Waals surface area contributed by atoms with E-state index in [-0.39, 0.29) is 17.2 Å². The molecule has 0 saturated carbocycles. The predicted molar refractivity (Wildman–Crippen MR) is 141 cm³/mol. The zero-order chi connectivity index (χ0) is 26.0. The number of H-pyrrole nitrogens is 1. The number of hydrogen-bond acceptors (Lipinski definition) is 7. The van der Waals surface area contributed by atoms with Crippen LogP contribution in [-0.2, 0) is 9.53 Å². The minimum Gasteiger partial charge on any atom is -0.494 e. The van der Waals surface area contributed by atoms with E-state index in [2.05, 4.69) is 15.2 Å². The summed E-state index contributed by atoms with van der Waals surface area (Å²) in [5.74, 6) is -0.139. The van der Waals surface area contributed by atoms with Crippen molar-refractivity contribution >= 4 is 39.5 Å². The zero-order valence-corrected chi connectivity index (χ0v) is 20.9. The number of aromatic amines is 1. The number of amides is 1. The molecule has 36 heavy (non-hydrogen) atoms. The lowest BCUT2D eigenvalue weighted by Crippen LogP contribution is -2.37. The maximum atomic E-state index is 13.7. The Bertz CT molecular complexity index is 1430. The molecule has 3 aromatic rings. The van der Waals surface area contributed by atoms with Gasteiger partial charge in [-0.05, 0) is 50.1 Å². The number of morpholine rings is 1. The van der Waals surface area contributed by atoms with E-state index in [9.17, 15) is 14.4 Å². The van der Waals surface area contributed by atoms with Crippen LogP contribution in [0.3, 0.4) is 0 Å². The Hall–Kier alpha value is -4.11. The van der Waals surface area contributed by atoms with E-state index in [1.807, 2.05) is 19.1 Å². The Morgan fingerprint density at radius 3 is 2.47 bits per heavy atom. The van der Waals surface area contributed by atoms with Gasteiger partial charge in [0.25, 0.3) is 5.91 Å². The van der Waals surface area contributed by atoms with Gasteiger partial charge >= 0.3 is 0 Å². The molecule has 4 N–H and O–H groups in total. The lowest BCUT2D eigenvalue weighted by atomic mass is 9.97. The van der Waals surface area contributed by atoms with Gasteiger partial charge in [0.1, 0.15) is 5.75 Å². The van der Waals surface area contributed by atoms with Crippen LogP contribution in [0.1, 0.15) is 35.3 Å². The average molecular weight is 491 g/mol. The summed E-state index contributed by atoms with van der Waals surface area (Å²) in [7, 11) is 1.50. The van der Waals surface area contributed by atoms with Crippen molar-refractivity contribution in [3.63, 3.8) is 0 Å². The Morgan fingerprint density at radius 2 is 1.83 bits per heavy atom. The third-order valence-electron chi connectivity index (χ3n) is 6.25. The van der Waals surface area contributed by atoms with Crippen molar-refractivity contribution < 1.29 is 19.1 Å². The Balaban J connectivity index is 1.81. The first-order valence-corrected chi connectivity index (χ1v) is 11.7. The third kappa shape index (κ3) is 4.96. The summed E-state index contributed by atoms with van der Waals surface area (Å²) >= 11 is 0. The summed E-state index contributed by atoms with van der Waals surface area (Å²) in [6, 6.07) is 10.3. The quantitative estimate of drug-likeness (QED) is 0.453. The normalized spacial score (nSPS) is 14.4. The van der Waals surface area contributed by atoms with Gasteiger partial charge in [-0.1, -0.05) is 6.07 Å². The van der Waals surface area contributed by atoms with Gasteiger partial charge in [-0.3, -0.25) is 14.4 Å². The number of carbonyl (C=O) groups excluding carboxylic acids is 2. The van der Waals surface area contributed by atoms with Gasteiger partial charge in [0.15, 0.2) is 5.78 Å². The molecule has 2 aromatic carbocycles. The minimum atomic E-state index is -0.365. The maximum Gasteiger partial charge on any atom is 0.257 e. The van der Waals surface area contributed by atoms with E-state index in [1.54, 1.807) is 25.1 Å². The molecule has 1 aliphatic heterocycles. The van der Waals surface area contributed by atoms with E-state index in [0.717, 1.165) is 16.6 Å². The maximum absolute atomic E-state index is 13.7. The highest BCUT2D eigenvalue weighted by Gasteiger charge is 2.23. The SMILES string of the molecule is COc1cc2[nH]c(=O)cc(C)c2cc1NC(=O)c1cc(C(C(C)=O)=C(C)N)ccc1N1CCOCC1.